The third-order valence-corrected chi connectivity index (χ3v) is 2.20. The number of aromatic hydroxyl groups is 1. The van der Waals surface area contributed by atoms with Crippen LogP contribution < -0.4 is 5.32 Å². The van der Waals surface area contributed by atoms with Gasteiger partial charge in [-0.15, -0.1) is 0 Å². The molecule has 18 heavy (non-hydrogen) atoms. The first-order chi connectivity index (χ1) is 8.50. The van der Waals surface area contributed by atoms with E-state index in [9.17, 15) is 20.0 Å². The van der Waals surface area contributed by atoms with E-state index in [1.165, 1.54) is 25.1 Å². The highest BCUT2D eigenvalue weighted by Gasteiger charge is 2.07. The highest BCUT2D eigenvalue weighted by molar-refractivity contribution is 5.72. The minimum absolute atomic E-state index is 0.0172. The molecule has 1 rings (SSSR count). The fourth-order valence-electron chi connectivity index (χ4n) is 1.33. The number of nitro groups is 1. The zero-order chi connectivity index (χ0) is 13.5. The second kappa shape index (κ2) is 6.39. The number of hydrogen-bond donors (Lipinski definition) is 2. The Morgan fingerprint density at radius 3 is 2.89 bits per heavy atom. The summed E-state index contributed by atoms with van der Waals surface area (Å²) in [4.78, 5) is 20.6. The van der Waals surface area contributed by atoms with Crippen LogP contribution in [0.3, 0.4) is 0 Å². The van der Waals surface area contributed by atoms with Crippen LogP contribution in [0.1, 0.15) is 18.9 Å². The van der Waals surface area contributed by atoms with E-state index < -0.39 is 4.92 Å². The molecular formula is C12H14N2O4. The number of nitrogens with zero attached hydrogens (tertiary/aromatic N) is 1. The molecule has 0 saturated heterocycles. The predicted molar refractivity (Wildman–Crippen MR) is 67.1 cm³/mol. The van der Waals surface area contributed by atoms with Crippen molar-refractivity contribution in [3.8, 4) is 5.75 Å². The lowest BCUT2D eigenvalue weighted by Gasteiger charge is -2.00. The van der Waals surface area contributed by atoms with Gasteiger partial charge in [-0.3, -0.25) is 14.9 Å². The Hall–Kier alpha value is -2.37. The number of nitrogens with one attached hydrogen (secondary N) is 1. The fourth-order valence-corrected chi connectivity index (χ4v) is 1.33. The number of carbonyl (C=O) groups excluding carboxylic acids is 1. The lowest BCUT2D eigenvalue weighted by atomic mass is 10.1. The van der Waals surface area contributed by atoms with Crippen LogP contribution in [0.2, 0.25) is 0 Å². The summed E-state index contributed by atoms with van der Waals surface area (Å²) >= 11 is 0. The zero-order valence-corrected chi connectivity index (χ0v) is 9.92. The first-order valence-electron chi connectivity index (χ1n) is 5.39. The molecule has 0 atom stereocenters. The van der Waals surface area contributed by atoms with Gasteiger partial charge in [0.1, 0.15) is 5.75 Å². The first-order valence-corrected chi connectivity index (χ1v) is 5.39. The normalized spacial score (nSPS) is 10.5. The third-order valence-electron chi connectivity index (χ3n) is 2.20. The number of amides is 1. The minimum atomic E-state index is -0.520. The number of rotatable bonds is 5. The maximum atomic E-state index is 10.6. The Labute approximate surface area is 104 Å². The molecule has 0 saturated carbocycles. The molecule has 1 amide bonds. The van der Waals surface area contributed by atoms with Crippen LogP contribution in [0.15, 0.2) is 24.3 Å². The van der Waals surface area contributed by atoms with E-state index in [2.05, 4.69) is 5.32 Å². The molecular weight excluding hydrogens is 236 g/mol. The van der Waals surface area contributed by atoms with Gasteiger partial charge in [0.25, 0.3) is 5.69 Å². The molecule has 96 valence electrons. The van der Waals surface area contributed by atoms with Crippen LogP contribution in [0.25, 0.3) is 6.08 Å². The number of non-ortho nitro benzene ring substituents is 1. The summed E-state index contributed by atoms with van der Waals surface area (Å²) in [6.45, 7) is 1.91. The van der Waals surface area contributed by atoms with Gasteiger partial charge in [0.15, 0.2) is 0 Å². The molecule has 0 fully saturated rings. The number of benzene rings is 1. The molecule has 0 spiro atoms. The minimum Gasteiger partial charge on any atom is -0.507 e. The van der Waals surface area contributed by atoms with Crippen molar-refractivity contribution < 1.29 is 14.8 Å². The third kappa shape index (κ3) is 4.25. The monoisotopic (exact) mass is 250 g/mol. The maximum absolute atomic E-state index is 10.6. The van der Waals surface area contributed by atoms with Crippen molar-refractivity contribution in [2.75, 3.05) is 6.54 Å². The Morgan fingerprint density at radius 2 is 2.28 bits per heavy atom. The predicted octanol–water partition coefficient (Wildman–Crippen LogP) is 1.84. The first kappa shape index (κ1) is 13.7. The van der Waals surface area contributed by atoms with E-state index in [-0.39, 0.29) is 17.3 Å². The van der Waals surface area contributed by atoms with Crippen molar-refractivity contribution in [2.45, 2.75) is 13.3 Å². The van der Waals surface area contributed by atoms with Crippen LogP contribution >= 0.6 is 0 Å². The van der Waals surface area contributed by atoms with Gasteiger partial charge < -0.3 is 10.4 Å². The van der Waals surface area contributed by atoms with E-state index in [4.69, 9.17) is 0 Å². The molecule has 0 bridgehead atoms. The molecule has 1 aromatic carbocycles. The number of carbonyl (C=O) groups is 1. The van der Waals surface area contributed by atoms with Gasteiger partial charge in [-0.05, 0) is 12.5 Å². The largest absolute Gasteiger partial charge is 0.507 e. The second-order valence-corrected chi connectivity index (χ2v) is 3.67. The lowest BCUT2D eigenvalue weighted by molar-refractivity contribution is -0.384. The Balaban J connectivity index is 2.65. The van der Waals surface area contributed by atoms with Crippen LogP contribution in [0.5, 0.6) is 5.75 Å². The lowest BCUT2D eigenvalue weighted by Crippen LogP contribution is -2.20. The number of phenols is 1. The Morgan fingerprint density at radius 1 is 1.56 bits per heavy atom. The fraction of sp³-hybridized carbons (Fsp3) is 0.250. The summed E-state index contributed by atoms with van der Waals surface area (Å²) < 4.78 is 0. The smallest absolute Gasteiger partial charge is 0.270 e. The summed E-state index contributed by atoms with van der Waals surface area (Å²) in [6.07, 6.45) is 3.90. The van der Waals surface area contributed by atoms with Gasteiger partial charge >= 0.3 is 0 Å². The summed E-state index contributed by atoms with van der Waals surface area (Å²) in [5.74, 6) is -0.127. The quantitative estimate of drug-likeness (QED) is 0.473. The average Bonchev–Trinajstić information content (AvgIpc) is 2.30. The standard InChI is InChI=1S/C12H14N2O4/c1-9(15)13-7-3-2-4-10-8-11(14(17)18)5-6-12(10)16/h2,4-6,8,16H,3,7H2,1H3,(H,13,15). The molecule has 6 heteroatoms. The van der Waals surface area contributed by atoms with Crippen molar-refractivity contribution in [1.82, 2.24) is 5.32 Å². The molecule has 0 aliphatic carbocycles. The molecule has 6 nitrogen and oxygen atoms in total. The van der Waals surface area contributed by atoms with Gasteiger partial charge in [-0.2, -0.15) is 0 Å². The molecule has 0 aliphatic heterocycles. The van der Waals surface area contributed by atoms with Gasteiger partial charge in [0.2, 0.25) is 5.91 Å². The van der Waals surface area contributed by atoms with Gasteiger partial charge in [0.05, 0.1) is 4.92 Å². The van der Waals surface area contributed by atoms with Crippen LogP contribution in [-0.4, -0.2) is 22.5 Å². The molecule has 1 aromatic rings. The SMILES string of the molecule is CC(=O)NCCC=Cc1cc([N+](=O)[O-])ccc1O. The molecule has 0 aromatic heterocycles. The number of hydrogen-bond acceptors (Lipinski definition) is 4. The molecule has 0 aliphatic rings. The van der Waals surface area contributed by atoms with Gasteiger partial charge in [-0.25, -0.2) is 0 Å². The van der Waals surface area contributed by atoms with Crippen molar-refractivity contribution >= 4 is 17.7 Å². The van der Waals surface area contributed by atoms with Crippen molar-refractivity contribution in [2.24, 2.45) is 0 Å². The van der Waals surface area contributed by atoms with E-state index in [1.807, 2.05) is 0 Å². The Kier molecular flexibility index (Phi) is 4.86. The summed E-state index contributed by atoms with van der Waals surface area (Å²) in [6, 6.07) is 3.82. The molecule has 0 heterocycles. The summed E-state index contributed by atoms with van der Waals surface area (Å²) in [7, 11) is 0. The van der Waals surface area contributed by atoms with E-state index >= 15 is 0 Å². The van der Waals surface area contributed by atoms with Crippen molar-refractivity contribution in [3.05, 3.63) is 40.0 Å². The van der Waals surface area contributed by atoms with Crippen LogP contribution in [0.4, 0.5) is 5.69 Å². The van der Waals surface area contributed by atoms with E-state index in [0.717, 1.165) is 0 Å². The van der Waals surface area contributed by atoms with Crippen molar-refractivity contribution in [3.63, 3.8) is 0 Å². The number of nitro benzene ring substituents is 1. The van der Waals surface area contributed by atoms with Crippen LogP contribution in [0, 0.1) is 10.1 Å². The molecule has 0 radical (unpaired) electrons. The topological polar surface area (TPSA) is 92.5 Å². The van der Waals surface area contributed by atoms with Gasteiger partial charge in [0, 0.05) is 31.2 Å². The van der Waals surface area contributed by atoms with Crippen molar-refractivity contribution in [1.29, 1.82) is 0 Å². The van der Waals surface area contributed by atoms with Crippen LogP contribution in [-0.2, 0) is 4.79 Å². The summed E-state index contributed by atoms with van der Waals surface area (Å²) in [5, 5.41) is 22.7. The maximum Gasteiger partial charge on any atom is 0.270 e. The Bertz CT molecular complexity index is 483. The molecule has 2 N–H and O–H groups in total. The average molecular weight is 250 g/mol. The zero-order valence-electron chi connectivity index (χ0n) is 9.92. The highest BCUT2D eigenvalue weighted by atomic mass is 16.6. The van der Waals surface area contributed by atoms with Gasteiger partial charge in [-0.1, -0.05) is 12.2 Å². The van der Waals surface area contributed by atoms with E-state index in [1.54, 1.807) is 12.2 Å². The summed E-state index contributed by atoms with van der Waals surface area (Å²) in [5.41, 5.74) is 0.307. The highest BCUT2D eigenvalue weighted by Crippen LogP contribution is 2.24. The van der Waals surface area contributed by atoms with E-state index in [0.29, 0.717) is 18.5 Å². The second-order valence-electron chi connectivity index (χ2n) is 3.67. The number of phenolic OH excluding ortho intramolecular Hbond substituents is 1. The molecule has 0 unspecified atom stereocenters.